The maximum atomic E-state index is 6.94. The molecule has 0 radical (unpaired) electrons. The highest BCUT2D eigenvalue weighted by molar-refractivity contribution is 6.22. The van der Waals surface area contributed by atoms with E-state index in [2.05, 4.69) is 171 Å². The molecule has 1 aromatic heterocycles. The zero-order valence-electron chi connectivity index (χ0n) is 30.4. The third-order valence-electron chi connectivity index (χ3n) is 11.5. The summed E-state index contributed by atoms with van der Waals surface area (Å²) < 4.78 is 6.42. The Morgan fingerprint density at radius 3 is 2.20 bits per heavy atom. The molecule has 0 saturated carbocycles. The van der Waals surface area contributed by atoms with Gasteiger partial charge >= 0.3 is 0 Å². The van der Waals surface area contributed by atoms with Gasteiger partial charge in [-0.3, -0.25) is 0 Å². The van der Waals surface area contributed by atoms with Gasteiger partial charge < -0.3 is 15.5 Å². The van der Waals surface area contributed by atoms with E-state index in [1.807, 2.05) is 18.2 Å². The molecule has 10 rings (SSSR count). The van der Waals surface area contributed by atoms with Crippen LogP contribution in [0.25, 0.3) is 71.4 Å². The van der Waals surface area contributed by atoms with Crippen LogP contribution in [0.4, 0.5) is 0 Å². The highest BCUT2D eigenvalue weighted by Crippen LogP contribution is 2.52. The summed E-state index contributed by atoms with van der Waals surface area (Å²) in [7, 11) is 0. The fourth-order valence-corrected chi connectivity index (χ4v) is 8.77. The smallest absolute Gasteiger partial charge is 0.136 e. The third kappa shape index (κ3) is 5.23. The Hall–Kier alpha value is -6.42. The first-order valence-corrected chi connectivity index (χ1v) is 18.8. The Bertz CT molecular complexity index is 2930. The zero-order chi connectivity index (χ0) is 36.4. The summed E-state index contributed by atoms with van der Waals surface area (Å²) in [6.07, 6.45) is 2.66. The molecule has 54 heavy (non-hydrogen) atoms. The molecule has 0 bridgehead atoms. The number of nitrogens with one attached hydrogen (secondary N) is 1. The molecule has 1 heterocycles. The third-order valence-corrected chi connectivity index (χ3v) is 11.5. The molecule has 260 valence electrons. The molecule has 1 aliphatic carbocycles. The van der Waals surface area contributed by atoms with E-state index >= 15 is 0 Å². The van der Waals surface area contributed by atoms with Crippen molar-refractivity contribution in [3.05, 3.63) is 198 Å². The summed E-state index contributed by atoms with van der Waals surface area (Å²) in [6, 6.07) is 58.6. The lowest BCUT2D eigenvalue weighted by Crippen LogP contribution is -2.28. The number of hydrogen-bond donors (Lipinski definition) is 2. The second-order valence-corrected chi connectivity index (χ2v) is 15.1. The molecular weight excluding hydrogens is 657 g/mol. The van der Waals surface area contributed by atoms with Crippen molar-refractivity contribution in [2.24, 2.45) is 5.73 Å². The van der Waals surface area contributed by atoms with E-state index < -0.39 is 0 Å². The summed E-state index contributed by atoms with van der Waals surface area (Å²) in [5.41, 5.74) is 20.7. The molecule has 1 aliphatic rings. The van der Waals surface area contributed by atoms with Crippen molar-refractivity contribution in [3.63, 3.8) is 0 Å². The Kier molecular flexibility index (Phi) is 7.53. The van der Waals surface area contributed by atoms with Gasteiger partial charge in [-0.15, -0.1) is 0 Å². The quantitative estimate of drug-likeness (QED) is 0.163. The van der Waals surface area contributed by atoms with Crippen LogP contribution in [0.15, 0.2) is 174 Å². The summed E-state index contributed by atoms with van der Waals surface area (Å²) in [5, 5.41) is 11.0. The van der Waals surface area contributed by atoms with Gasteiger partial charge in [-0.05, 0) is 96.7 Å². The molecule has 1 unspecified atom stereocenters. The minimum Gasteiger partial charge on any atom is -0.456 e. The van der Waals surface area contributed by atoms with Gasteiger partial charge in [0.1, 0.15) is 17.3 Å². The Balaban J connectivity index is 1.10. The average molecular weight is 697 g/mol. The first-order chi connectivity index (χ1) is 26.4. The topological polar surface area (TPSA) is 51.2 Å². The molecule has 0 aliphatic heterocycles. The summed E-state index contributed by atoms with van der Waals surface area (Å²) in [6.45, 7) is 4.70. The number of hydrogen-bond acceptors (Lipinski definition) is 3. The largest absolute Gasteiger partial charge is 0.456 e. The lowest BCUT2D eigenvalue weighted by molar-refractivity contribution is 0.659. The van der Waals surface area contributed by atoms with Gasteiger partial charge in [0.2, 0.25) is 0 Å². The van der Waals surface area contributed by atoms with Crippen molar-refractivity contribution in [2.45, 2.75) is 31.8 Å². The molecule has 0 spiro atoms. The standard InChI is InChI=1S/C51H40N2O/c1-51(2)42-23-11-22-40(47(42)41-30-35-17-6-7-18-36(35)31-43(41)51)44(53-50(52)34-15-4-3-5-16-34)27-25-32-13-10-19-37(29-32)39-21-12-24-45-49(39)48-38-20-9-8-14-33(38)26-28-46(48)54-45/h3-24,26-31,50,53H,25,52H2,1-2H3/b44-27-. The van der Waals surface area contributed by atoms with Gasteiger partial charge in [0.15, 0.2) is 0 Å². The number of rotatable bonds is 7. The van der Waals surface area contributed by atoms with Gasteiger partial charge in [0.05, 0.1) is 0 Å². The average Bonchev–Trinajstić information content (AvgIpc) is 3.71. The molecule has 8 aromatic carbocycles. The fraction of sp³-hybridized carbons (Fsp3) is 0.0980. The lowest BCUT2D eigenvalue weighted by atomic mass is 9.81. The Morgan fingerprint density at radius 2 is 1.35 bits per heavy atom. The van der Waals surface area contributed by atoms with Gasteiger partial charge in [0.25, 0.3) is 0 Å². The normalized spacial score (nSPS) is 14.1. The highest BCUT2D eigenvalue weighted by atomic mass is 16.3. The SMILES string of the molecule is CC1(C)c2cc3ccccc3cc2-c2c(/C(=C/Cc3cccc(-c4cccc5oc6ccc7ccccc7c6c45)c3)NC(N)c3ccccc3)cccc21. The summed E-state index contributed by atoms with van der Waals surface area (Å²) in [4.78, 5) is 0. The second kappa shape index (κ2) is 12.6. The molecule has 3 nitrogen and oxygen atoms in total. The number of nitrogens with two attached hydrogens (primary N) is 1. The van der Waals surface area contributed by atoms with Crippen molar-refractivity contribution in [1.29, 1.82) is 0 Å². The van der Waals surface area contributed by atoms with Crippen molar-refractivity contribution >= 4 is 49.2 Å². The molecule has 0 amide bonds. The molecule has 3 heteroatoms. The fourth-order valence-electron chi connectivity index (χ4n) is 8.77. The highest BCUT2D eigenvalue weighted by Gasteiger charge is 2.37. The van der Waals surface area contributed by atoms with Crippen LogP contribution in [0.3, 0.4) is 0 Å². The van der Waals surface area contributed by atoms with E-state index in [1.54, 1.807) is 0 Å². The Labute approximate surface area is 315 Å². The molecule has 0 saturated heterocycles. The molecular formula is C51H40N2O. The molecule has 1 atom stereocenters. The lowest BCUT2D eigenvalue weighted by Gasteiger charge is -2.23. The van der Waals surface area contributed by atoms with Crippen LogP contribution < -0.4 is 11.1 Å². The monoisotopic (exact) mass is 696 g/mol. The van der Waals surface area contributed by atoms with E-state index in [4.69, 9.17) is 10.2 Å². The van der Waals surface area contributed by atoms with Crippen molar-refractivity contribution in [2.75, 3.05) is 0 Å². The van der Waals surface area contributed by atoms with Gasteiger partial charge in [-0.1, -0.05) is 159 Å². The van der Waals surface area contributed by atoms with E-state index in [-0.39, 0.29) is 11.6 Å². The van der Waals surface area contributed by atoms with Crippen LogP contribution in [-0.2, 0) is 11.8 Å². The minimum atomic E-state index is -0.382. The van der Waals surface area contributed by atoms with Gasteiger partial charge in [0, 0.05) is 27.4 Å². The predicted molar refractivity (Wildman–Crippen MR) is 226 cm³/mol. The van der Waals surface area contributed by atoms with Crippen LogP contribution in [0.5, 0.6) is 0 Å². The number of allylic oxidation sites excluding steroid dienone is 1. The number of fused-ring (bicyclic) bond motifs is 9. The van der Waals surface area contributed by atoms with Crippen LogP contribution in [-0.4, -0.2) is 0 Å². The van der Waals surface area contributed by atoms with Crippen molar-refractivity contribution in [3.8, 4) is 22.3 Å². The van der Waals surface area contributed by atoms with E-state index in [9.17, 15) is 0 Å². The number of benzene rings is 8. The molecule has 0 fully saturated rings. The first kappa shape index (κ1) is 32.2. The van der Waals surface area contributed by atoms with Crippen molar-refractivity contribution < 1.29 is 4.42 Å². The molecule has 3 N–H and O–H groups in total. The van der Waals surface area contributed by atoms with Crippen LogP contribution >= 0.6 is 0 Å². The maximum Gasteiger partial charge on any atom is 0.136 e. The molecule has 9 aromatic rings. The first-order valence-electron chi connectivity index (χ1n) is 18.8. The second-order valence-electron chi connectivity index (χ2n) is 15.1. The Morgan fingerprint density at radius 1 is 0.630 bits per heavy atom. The van der Waals surface area contributed by atoms with Crippen molar-refractivity contribution in [1.82, 2.24) is 5.32 Å². The number of furan rings is 1. The van der Waals surface area contributed by atoms with Gasteiger partial charge in [-0.2, -0.15) is 0 Å². The van der Waals surface area contributed by atoms with Crippen LogP contribution in [0, 0.1) is 0 Å². The summed E-state index contributed by atoms with van der Waals surface area (Å²) in [5.74, 6) is 0. The van der Waals surface area contributed by atoms with E-state index in [0.29, 0.717) is 0 Å². The zero-order valence-corrected chi connectivity index (χ0v) is 30.4. The van der Waals surface area contributed by atoms with Crippen LogP contribution in [0.1, 0.15) is 47.8 Å². The van der Waals surface area contributed by atoms with Gasteiger partial charge in [-0.25, -0.2) is 0 Å². The predicted octanol–water partition coefficient (Wildman–Crippen LogP) is 12.7. The minimum absolute atomic E-state index is 0.144. The maximum absolute atomic E-state index is 6.94. The summed E-state index contributed by atoms with van der Waals surface area (Å²) >= 11 is 0. The van der Waals surface area contributed by atoms with Crippen LogP contribution in [0.2, 0.25) is 0 Å². The van der Waals surface area contributed by atoms with E-state index in [1.165, 1.54) is 71.4 Å². The van der Waals surface area contributed by atoms with E-state index in [0.717, 1.165) is 34.2 Å².